The molecule has 1 amide bonds. The predicted octanol–water partition coefficient (Wildman–Crippen LogP) is 1.60. The fourth-order valence-corrected chi connectivity index (χ4v) is 2.21. The van der Waals surface area contributed by atoms with Gasteiger partial charge < -0.3 is 10.2 Å². The Bertz CT molecular complexity index is 415. The molecule has 18 heavy (non-hydrogen) atoms. The quantitative estimate of drug-likeness (QED) is 0.882. The first-order valence-corrected chi connectivity index (χ1v) is 6.51. The van der Waals surface area contributed by atoms with Crippen LogP contribution in [0.1, 0.15) is 31.7 Å². The molecule has 2 rings (SSSR count). The molecule has 0 spiro atoms. The predicted molar refractivity (Wildman–Crippen MR) is 70.3 cm³/mol. The van der Waals surface area contributed by atoms with Crippen molar-refractivity contribution in [2.45, 2.75) is 39.2 Å². The van der Waals surface area contributed by atoms with E-state index < -0.39 is 0 Å². The van der Waals surface area contributed by atoms with E-state index in [0.717, 1.165) is 31.5 Å². The zero-order chi connectivity index (χ0) is 13.0. The fraction of sp³-hybridized carbons (Fsp3) is 0.615. The smallest absolute Gasteiger partial charge is 0.244 e. The van der Waals surface area contributed by atoms with Gasteiger partial charge in [-0.05, 0) is 44.7 Å². The Hall–Kier alpha value is -1.65. The van der Waals surface area contributed by atoms with Crippen LogP contribution in [-0.4, -0.2) is 40.1 Å². The second-order valence-electron chi connectivity index (χ2n) is 4.87. The first kappa shape index (κ1) is 12.8. The third-order valence-electron chi connectivity index (χ3n) is 3.19. The largest absolute Gasteiger partial charge is 0.357 e. The zero-order valence-electron chi connectivity index (χ0n) is 11.0. The lowest BCUT2D eigenvalue weighted by Gasteiger charge is -2.29. The molecule has 1 fully saturated rings. The molecule has 0 radical (unpaired) electrons. The van der Waals surface area contributed by atoms with E-state index in [-0.39, 0.29) is 11.9 Å². The van der Waals surface area contributed by atoms with Gasteiger partial charge in [-0.3, -0.25) is 4.79 Å². The van der Waals surface area contributed by atoms with Crippen LogP contribution in [0.5, 0.6) is 0 Å². The topological polar surface area (TPSA) is 58.1 Å². The van der Waals surface area contributed by atoms with Crippen LogP contribution in [0.4, 0.5) is 5.82 Å². The van der Waals surface area contributed by atoms with Crippen molar-refractivity contribution in [3.63, 3.8) is 0 Å². The van der Waals surface area contributed by atoms with E-state index in [2.05, 4.69) is 15.5 Å². The van der Waals surface area contributed by atoms with Crippen LogP contribution in [0.15, 0.2) is 12.3 Å². The van der Waals surface area contributed by atoms with Gasteiger partial charge in [-0.1, -0.05) is 0 Å². The Labute approximate surface area is 108 Å². The maximum Gasteiger partial charge on any atom is 0.244 e. The van der Waals surface area contributed by atoms with E-state index >= 15 is 0 Å². The molecule has 1 saturated heterocycles. The summed E-state index contributed by atoms with van der Waals surface area (Å²) in [6.45, 7) is 5.59. The molecule has 0 saturated carbocycles. The molecule has 1 aliphatic rings. The number of aryl methyl sites for hydroxylation is 1. The molecule has 2 heterocycles. The van der Waals surface area contributed by atoms with E-state index in [1.807, 2.05) is 24.8 Å². The molecule has 0 aliphatic carbocycles. The average molecular weight is 248 g/mol. The zero-order valence-corrected chi connectivity index (χ0v) is 11.0. The van der Waals surface area contributed by atoms with Gasteiger partial charge in [-0.15, -0.1) is 5.10 Å². The van der Waals surface area contributed by atoms with Gasteiger partial charge in [0.15, 0.2) is 0 Å². The van der Waals surface area contributed by atoms with E-state index in [1.54, 1.807) is 6.20 Å². The molecule has 1 aromatic rings. The first-order chi connectivity index (χ1) is 8.66. The van der Waals surface area contributed by atoms with Crippen molar-refractivity contribution >= 4 is 11.7 Å². The third kappa shape index (κ3) is 3.18. The first-order valence-electron chi connectivity index (χ1n) is 6.51. The van der Waals surface area contributed by atoms with Crippen LogP contribution in [0.3, 0.4) is 0 Å². The van der Waals surface area contributed by atoms with E-state index in [1.165, 1.54) is 6.42 Å². The number of amides is 1. The number of nitrogens with zero attached hydrogens (tertiary/aromatic N) is 3. The molecule has 0 bridgehead atoms. The molecule has 5 nitrogen and oxygen atoms in total. The minimum Gasteiger partial charge on any atom is -0.357 e. The molecular weight excluding hydrogens is 228 g/mol. The van der Waals surface area contributed by atoms with Crippen LogP contribution in [0, 0.1) is 6.92 Å². The van der Waals surface area contributed by atoms with Gasteiger partial charge in [-0.2, -0.15) is 5.10 Å². The molecular formula is C13H20N4O. The molecule has 98 valence electrons. The van der Waals surface area contributed by atoms with Crippen molar-refractivity contribution in [1.29, 1.82) is 0 Å². The highest BCUT2D eigenvalue weighted by Gasteiger charge is 2.22. The number of carbonyl (C=O) groups excluding carboxylic acids is 1. The maximum absolute atomic E-state index is 12.2. The summed E-state index contributed by atoms with van der Waals surface area (Å²) in [6.07, 6.45) is 5.16. The normalized spacial score (nSPS) is 17.3. The number of anilines is 1. The lowest BCUT2D eigenvalue weighted by atomic mass is 10.1. The molecule has 1 unspecified atom stereocenters. The standard InChI is InChI=1S/C13H20N4O/c1-10-8-12(16-14-9-10)15-11(2)13(18)17-6-4-3-5-7-17/h8-9,11H,3-7H2,1-2H3,(H,15,16). The van der Waals surface area contributed by atoms with Gasteiger partial charge >= 0.3 is 0 Å². The molecule has 0 aromatic carbocycles. The number of hydrogen-bond donors (Lipinski definition) is 1. The number of carbonyl (C=O) groups is 1. The average Bonchev–Trinajstić information content (AvgIpc) is 2.39. The summed E-state index contributed by atoms with van der Waals surface area (Å²) < 4.78 is 0. The van der Waals surface area contributed by atoms with Crippen LogP contribution >= 0.6 is 0 Å². The van der Waals surface area contributed by atoms with E-state index in [0.29, 0.717) is 5.82 Å². The Morgan fingerprint density at radius 3 is 2.78 bits per heavy atom. The van der Waals surface area contributed by atoms with Gasteiger partial charge in [0.25, 0.3) is 0 Å². The van der Waals surface area contributed by atoms with Crippen LogP contribution in [0.25, 0.3) is 0 Å². The highest BCUT2D eigenvalue weighted by Crippen LogP contribution is 2.12. The van der Waals surface area contributed by atoms with Crippen LogP contribution < -0.4 is 5.32 Å². The molecule has 5 heteroatoms. The fourth-order valence-electron chi connectivity index (χ4n) is 2.21. The number of rotatable bonds is 3. The summed E-state index contributed by atoms with van der Waals surface area (Å²) in [4.78, 5) is 14.1. The van der Waals surface area contributed by atoms with Gasteiger partial charge in [0, 0.05) is 13.1 Å². The number of aromatic nitrogens is 2. The van der Waals surface area contributed by atoms with Crippen molar-refractivity contribution in [3.8, 4) is 0 Å². The number of piperidine rings is 1. The summed E-state index contributed by atoms with van der Waals surface area (Å²) in [5.74, 6) is 0.811. The summed E-state index contributed by atoms with van der Waals surface area (Å²) in [6, 6.07) is 1.65. The second-order valence-corrected chi connectivity index (χ2v) is 4.87. The Kier molecular flexibility index (Phi) is 4.12. The summed E-state index contributed by atoms with van der Waals surface area (Å²) >= 11 is 0. The second kappa shape index (κ2) is 5.80. The summed E-state index contributed by atoms with van der Waals surface area (Å²) in [7, 11) is 0. The minimum absolute atomic E-state index is 0.151. The van der Waals surface area contributed by atoms with E-state index in [4.69, 9.17) is 0 Å². The molecule has 1 aromatic heterocycles. The van der Waals surface area contributed by atoms with Gasteiger partial charge in [-0.25, -0.2) is 0 Å². The monoisotopic (exact) mass is 248 g/mol. The highest BCUT2D eigenvalue weighted by molar-refractivity contribution is 5.84. The third-order valence-corrected chi connectivity index (χ3v) is 3.19. The Balaban J connectivity index is 1.94. The van der Waals surface area contributed by atoms with Crippen molar-refractivity contribution in [2.24, 2.45) is 0 Å². The van der Waals surface area contributed by atoms with Gasteiger partial charge in [0.2, 0.25) is 5.91 Å². The van der Waals surface area contributed by atoms with Crippen molar-refractivity contribution in [2.75, 3.05) is 18.4 Å². The van der Waals surface area contributed by atoms with Gasteiger partial charge in [0.1, 0.15) is 11.9 Å². The van der Waals surface area contributed by atoms with E-state index in [9.17, 15) is 4.79 Å². The van der Waals surface area contributed by atoms with Crippen LogP contribution in [-0.2, 0) is 4.79 Å². The number of hydrogen-bond acceptors (Lipinski definition) is 4. The Morgan fingerprint density at radius 1 is 1.39 bits per heavy atom. The maximum atomic E-state index is 12.2. The lowest BCUT2D eigenvalue weighted by Crippen LogP contribution is -2.44. The van der Waals surface area contributed by atoms with Crippen molar-refractivity contribution < 1.29 is 4.79 Å². The number of likely N-dealkylation sites (tertiary alicyclic amines) is 1. The van der Waals surface area contributed by atoms with Gasteiger partial charge in [0.05, 0.1) is 6.20 Å². The minimum atomic E-state index is -0.251. The molecule has 1 aliphatic heterocycles. The lowest BCUT2D eigenvalue weighted by molar-refractivity contribution is -0.132. The summed E-state index contributed by atoms with van der Waals surface area (Å²) in [5, 5.41) is 11.0. The highest BCUT2D eigenvalue weighted by atomic mass is 16.2. The number of nitrogens with one attached hydrogen (secondary N) is 1. The van der Waals surface area contributed by atoms with Crippen LogP contribution in [0.2, 0.25) is 0 Å². The SMILES string of the molecule is Cc1cnnc(NC(C)C(=O)N2CCCCC2)c1. The van der Waals surface area contributed by atoms with Crippen molar-refractivity contribution in [3.05, 3.63) is 17.8 Å². The van der Waals surface area contributed by atoms with Crippen molar-refractivity contribution in [1.82, 2.24) is 15.1 Å². The Morgan fingerprint density at radius 2 is 2.11 bits per heavy atom. The molecule has 1 N–H and O–H groups in total. The summed E-state index contributed by atoms with van der Waals surface area (Å²) in [5.41, 5.74) is 1.03. The molecule has 1 atom stereocenters.